The van der Waals surface area contributed by atoms with Gasteiger partial charge in [-0.1, -0.05) is 13.8 Å². The number of hydrogen-bond acceptors (Lipinski definition) is 4. The Hall–Kier alpha value is -1.07. The van der Waals surface area contributed by atoms with Crippen molar-refractivity contribution in [2.75, 3.05) is 30.3 Å². The Bertz CT molecular complexity index is 462. The van der Waals surface area contributed by atoms with E-state index >= 15 is 0 Å². The highest BCUT2D eigenvalue weighted by atomic mass is 32.2. The minimum Gasteiger partial charge on any atom is -0.395 e. The van der Waals surface area contributed by atoms with Gasteiger partial charge in [0.05, 0.1) is 17.3 Å². The van der Waals surface area contributed by atoms with Crippen molar-refractivity contribution in [1.82, 2.24) is 0 Å². The van der Waals surface area contributed by atoms with Gasteiger partial charge >= 0.3 is 0 Å². The molecule has 0 aromatic heterocycles. The van der Waals surface area contributed by atoms with Crippen molar-refractivity contribution in [1.29, 1.82) is 0 Å². The Morgan fingerprint density at radius 1 is 1.05 bits per heavy atom. The van der Waals surface area contributed by atoms with Crippen LogP contribution in [-0.4, -0.2) is 39.0 Å². The molecule has 19 heavy (non-hydrogen) atoms. The molecule has 0 aliphatic carbocycles. The standard InChI is InChI=1S/C14H23NO3S/c1-3-9-15(10-11-16)13-5-7-14(8-6-13)19(17,18)12-4-2/h5-8,16H,3-4,9-12H2,1-2H3. The lowest BCUT2D eigenvalue weighted by Crippen LogP contribution is -2.27. The Balaban J connectivity index is 2.91. The molecule has 1 aromatic rings. The summed E-state index contributed by atoms with van der Waals surface area (Å²) in [6.45, 7) is 5.44. The zero-order chi connectivity index (χ0) is 14.3. The molecule has 0 aliphatic heterocycles. The fourth-order valence-corrected chi connectivity index (χ4v) is 3.34. The summed E-state index contributed by atoms with van der Waals surface area (Å²) < 4.78 is 23.8. The van der Waals surface area contributed by atoms with E-state index in [1.165, 1.54) is 0 Å². The molecule has 1 rings (SSSR count). The summed E-state index contributed by atoms with van der Waals surface area (Å²) in [6.07, 6.45) is 1.60. The monoisotopic (exact) mass is 285 g/mol. The van der Waals surface area contributed by atoms with E-state index in [1.807, 2.05) is 19.1 Å². The minimum absolute atomic E-state index is 0.0931. The number of aliphatic hydroxyl groups is 1. The summed E-state index contributed by atoms with van der Waals surface area (Å²) in [6, 6.07) is 6.93. The first kappa shape index (κ1) is 16.0. The van der Waals surface area contributed by atoms with E-state index in [0.29, 0.717) is 17.9 Å². The van der Waals surface area contributed by atoms with Gasteiger partial charge in [0, 0.05) is 18.8 Å². The number of hydrogen-bond donors (Lipinski definition) is 1. The number of rotatable bonds is 8. The van der Waals surface area contributed by atoms with E-state index in [0.717, 1.165) is 18.7 Å². The van der Waals surface area contributed by atoms with Crippen LogP contribution in [0.1, 0.15) is 26.7 Å². The predicted molar refractivity (Wildman–Crippen MR) is 78.4 cm³/mol. The van der Waals surface area contributed by atoms with Crippen LogP contribution in [0.4, 0.5) is 5.69 Å². The quantitative estimate of drug-likeness (QED) is 0.794. The summed E-state index contributed by atoms with van der Waals surface area (Å²) >= 11 is 0. The van der Waals surface area contributed by atoms with E-state index < -0.39 is 9.84 Å². The van der Waals surface area contributed by atoms with Crippen LogP contribution < -0.4 is 4.90 Å². The Morgan fingerprint density at radius 2 is 1.68 bits per heavy atom. The third-order valence-electron chi connectivity index (χ3n) is 2.90. The van der Waals surface area contributed by atoms with Crippen molar-refractivity contribution in [3.63, 3.8) is 0 Å². The molecule has 108 valence electrons. The van der Waals surface area contributed by atoms with Gasteiger partial charge in [0.15, 0.2) is 9.84 Å². The molecule has 0 spiro atoms. The minimum atomic E-state index is -3.15. The summed E-state index contributed by atoms with van der Waals surface area (Å²) in [4.78, 5) is 2.43. The first-order valence-electron chi connectivity index (χ1n) is 6.73. The molecule has 4 nitrogen and oxygen atoms in total. The van der Waals surface area contributed by atoms with Crippen molar-refractivity contribution in [3.8, 4) is 0 Å². The molecule has 5 heteroatoms. The Labute approximate surface area is 116 Å². The molecule has 0 atom stereocenters. The van der Waals surface area contributed by atoms with E-state index in [4.69, 9.17) is 5.11 Å². The number of benzene rings is 1. The van der Waals surface area contributed by atoms with Crippen LogP contribution in [-0.2, 0) is 9.84 Å². The van der Waals surface area contributed by atoms with Gasteiger partial charge in [-0.25, -0.2) is 8.42 Å². The summed E-state index contributed by atoms with van der Waals surface area (Å²) in [5.74, 6) is 0.182. The van der Waals surface area contributed by atoms with Gasteiger partial charge < -0.3 is 10.0 Å². The van der Waals surface area contributed by atoms with Crippen LogP contribution in [0.2, 0.25) is 0 Å². The average Bonchev–Trinajstić information content (AvgIpc) is 2.39. The molecule has 0 saturated carbocycles. The molecule has 1 N–H and O–H groups in total. The first-order valence-corrected chi connectivity index (χ1v) is 8.39. The van der Waals surface area contributed by atoms with Gasteiger partial charge in [0.1, 0.15) is 0 Å². The molecule has 1 aromatic carbocycles. The normalized spacial score (nSPS) is 11.5. The lowest BCUT2D eigenvalue weighted by molar-refractivity contribution is 0.302. The highest BCUT2D eigenvalue weighted by Crippen LogP contribution is 2.19. The fourth-order valence-electron chi connectivity index (χ4n) is 2.01. The van der Waals surface area contributed by atoms with Crippen LogP contribution >= 0.6 is 0 Å². The Kier molecular flexibility index (Phi) is 6.31. The molecule has 0 fully saturated rings. The first-order chi connectivity index (χ1) is 9.05. The highest BCUT2D eigenvalue weighted by Gasteiger charge is 2.13. The fraction of sp³-hybridized carbons (Fsp3) is 0.571. The number of aliphatic hydroxyl groups excluding tert-OH is 1. The maximum Gasteiger partial charge on any atom is 0.178 e. The van der Waals surface area contributed by atoms with Gasteiger partial charge in [-0.15, -0.1) is 0 Å². The van der Waals surface area contributed by atoms with Crippen LogP contribution in [0, 0.1) is 0 Å². The molecule has 0 heterocycles. The van der Waals surface area contributed by atoms with Gasteiger partial charge in [-0.2, -0.15) is 0 Å². The maximum absolute atomic E-state index is 11.9. The van der Waals surface area contributed by atoms with Crippen LogP contribution in [0.25, 0.3) is 0 Å². The van der Waals surface area contributed by atoms with Crippen molar-refractivity contribution in [2.24, 2.45) is 0 Å². The predicted octanol–water partition coefficient (Wildman–Crippen LogP) is 2.08. The maximum atomic E-state index is 11.9. The second kappa shape index (κ2) is 7.50. The number of anilines is 1. The van der Waals surface area contributed by atoms with Gasteiger partial charge in [-0.3, -0.25) is 0 Å². The van der Waals surface area contributed by atoms with Crippen molar-refractivity contribution in [2.45, 2.75) is 31.6 Å². The molecule has 0 aliphatic rings. The van der Waals surface area contributed by atoms with Gasteiger partial charge in [-0.05, 0) is 37.1 Å². The van der Waals surface area contributed by atoms with Gasteiger partial charge in [0.2, 0.25) is 0 Å². The van der Waals surface area contributed by atoms with Crippen LogP contribution in [0.3, 0.4) is 0 Å². The molecule has 0 unspecified atom stereocenters. The molecule has 0 amide bonds. The highest BCUT2D eigenvalue weighted by molar-refractivity contribution is 7.91. The molecular weight excluding hydrogens is 262 g/mol. The van der Waals surface area contributed by atoms with E-state index in [-0.39, 0.29) is 12.4 Å². The SMILES string of the molecule is CCCN(CCO)c1ccc(S(=O)(=O)CCC)cc1. The van der Waals surface area contributed by atoms with E-state index in [9.17, 15) is 8.42 Å². The second-order valence-corrected chi connectivity index (χ2v) is 6.63. The topological polar surface area (TPSA) is 57.6 Å². The van der Waals surface area contributed by atoms with Gasteiger partial charge in [0.25, 0.3) is 0 Å². The van der Waals surface area contributed by atoms with Crippen molar-refractivity contribution >= 4 is 15.5 Å². The smallest absolute Gasteiger partial charge is 0.178 e. The van der Waals surface area contributed by atoms with Crippen LogP contribution in [0.5, 0.6) is 0 Å². The third-order valence-corrected chi connectivity index (χ3v) is 4.83. The molecule has 0 radical (unpaired) electrons. The van der Waals surface area contributed by atoms with Crippen molar-refractivity contribution < 1.29 is 13.5 Å². The lowest BCUT2D eigenvalue weighted by Gasteiger charge is -2.23. The van der Waals surface area contributed by atoms with E-state index in [2.05, 4.69) is 11.8 Å². The summed E-state index contributed by atoms with van der Waals surface area (Å²) in [7, 11) is -3.15. The second-order valence-electron chi connectivity index (χ2n) is 4.52. The van der Waals surface area contributed by atoms with E-state index in [1.54, 1.807) is 12.1 Å². The molecular formula is C14H23NO3S. The molecule has 0 bridgehead atoms. The number of sulfone groups is 1. The summed E-state index contributed by atoms with van der Waals surface area (Å²) in [5.41, 5.74) is 0.950. The zero-order valence-electron chi connectivity index (χ0n) is 11.7. The largest absolute Gasteiger partial charge is 0.395 e. The van der Waals surface area contributed by atoms with Crippen LogP contribution in [0.15, 0.2) is 29.2 Å². The number of nitrogens with zero attached hydrogens (tertiary/aromatic N) is 1. The molecule has 0 saturated heterocycles. The summed E-state index contributed by atoms with van der Waals surface area (Å²) in [5, 5.41) is 9.04. The average molecular weight is 285 g/mol. The lowest BCUT2D eigenvalue weighted by atomic mass is 10.2. The Morgan fingerprint density at radius 3 is 2.16 bits per heavy atom. The zero-order valence-corrected chi connectivity index (χ0v) is 12.5. The van der Waals surface area contributed by atoms with Crippen molar-refractivity contribution in [3.05, 3.63) is 24.3 Å². The third kappa shape index (κ3) is 4.51.